The number of hydrogen-bond acceptors (Lipinski definition) is 4. The van der Waals surface area contributed by atoms with E-state index in [2.05, 4.69) is 5.32 Å². The van der Waals surface area contributed by atoms with Crippen molar-refractivity contribution < 1.29 is 23.5 Å². The normalized spacial score (nSPS) is 23.2. The molecule has 2 aliphatic rings. The average Bonchev–Trinajstić information content (AvgIpc) is 3.11. The summed E-state index contributed by atoms with van der Waals surface area (Å²) in [5, 5.41) is 2.75. The van der Waals surface area contributed by atoms with E-state index in [-0.39, 0.29) is 28.9 Å². The third-order valence-corrected chi connectivity index (χ3v) is 5.02. The van der Waals surface area contributed by atoms with E-state index in [1.165, 1.54) is 30.1 Å². The number of rotatable bonds is 4. The topological polar surface area (TPSA) is 67.9 Å². The standard InChI is InChI=1S/C18H20ClFN2O4/c1-10-14(17(23)26-9-11-5-4-8-25-11)16(21-18(24)22(10)2)15-12(19)6-3-7-13(15)20/h3,6-7,11,16H,4-5,8-9H2,1-2H3,(H,21,24)/t11-,16-/m0/s1. The highest BCUT2D eigenvalue weighted by Crippen LogP contribution is 2.35. The van der Waals surface area contributed by atoms with Gasteiger partial charge in [0.1, 0.15) is 12.4 Å². The Morgan fingerprint density at radius 1 is 1.50 bits per heavy atom. The number of amides is 2. The van der Waals surface area contributed by atoms with E-state index in [1.54, 1.807) is 6.92 Å². The van der Waals surface area contributed by atoms with E-state index >= 15 is 0 Å². The van der Waals surface area contributed by atoms with Crippen LogP contribution in [0, 0.1) is 5.82 Å². The fraction of sp³-hybridized carbons (Fsp3) is 0.444. The number of hydrogen-bond donors (Lipinski definition) is 1. The monoisotopic (exact) mass is 382 g/mol. The Kier molecular flexibility index (Phi) is 5.48. The summed E-state index contributed by atoms with van der Waals surface area (Å²) in [6, 6.07) is 2.72. The Labute approximate surface area is 155 Å². The zero-order valence-corrected chi connectivity index (χ0v) is 15.3. The smallest absolute Gasteiger partial charge is 0.338 e. The molecule has 0 aliphatic carbocycles. The van der Waals surface area contributed by atoms with Crippen LogP contribution in [0.2, 0.25) is 5.02 Å². The quantitative estimate of drug-likeness (QED) is 0.812. The summed E-state index contributed by atoms with van der Waals surface area (Å²) < 4.78 is 25.2. The number of ether oxygens (including phenoxy) is 2. The Balaban J connectivity index is 1.93. The van der Waals surface area contributed by atoms with Crippen LogP contribution in [0.25, 0.3) is 0 Å². The molecule has 0 radical (unpaired) electrons. The van der Waals surface area contributed by atoms with Gasteiger partial charge < -0.3 is 19.7 Å². The van der Waals surface area contributed by atoms with Gasteiger partial charge in [0, 0.05) is 29.9 Å². The molecule has 2 aliphatic heterocycles. The molecule has 3 rings (SSSR count). The van der Waals surface area contributed by atoms with Crippen LogP contribution in [0.5, 0.6) is 0 Å². The van der Waals surface area contributed by atoms with E-state index < -0.39 is 23.9 Å². The Morgan fingerprint density at radius 2 is 2.27 bits per heavy atom. The summed E-state index contributed by atoms with van der Waals surface area (Å²) in [5.41, 5.74) is 0.576. The first-order chi connectivity index (χ1) is 12.4. The maximum Gasteiger partial charge on any atom is 0.338 e. The third kappa shape index (κ3) is 3.54. The molecule has 2 heterocycles. The van der Waals surface area contributed by atoms with Crippen molar-refractivity contribution in [2.75, 3.05) is 20.3 Å². The van der Waals surface area contributed by atoms with Crippen molar-refractivity contribution >= 4 is 23.6 Å². The highest BCUT2D eigenvalue weighted by atomic mass is 35.5. The lowest BCUT2D eigenvalue weighted by molar-refractivity contribution is -0.142. The molecule has 1 aromatic rings. The van der Waals surface area contributed by atoms with E-state index in [1.807, 2.05) is 0 Å². The van der Waals surface area contributed by atoms with E-state index in [4.69, 9.17) is 21.1 Å². The van der Waals surface area contributed by atoms with Crippen LogP contribution in [-0.4, -0.2) is 43.3 Å². The SMILES string of the molecule is CC1=C(C(=O)OC[C@@H]2CCCO2)[C@@H](c2c(F)cccc2Cl)NC(=O)N1C. The van der Waals surface area contributed by atoms with Gasteiger partial charge in [0.05, 0.1) is 17.7 Å². The van der Waals surface area contributed by atoms with Crippen LogP contribution in [-0.2, 0) is 14.3 Å². The van der Waals surface area contributed by atoms with Crippen LogP contribution in [0.3, 0.4) is 0 Å². The van der Waals surface area contributed by atoms with Crippen LogP contribution >= 0.6 is 11.6 Å². The summed E-state index contributed by atoms with van der Waals surface area (Å²) >= 11 is 6.15. The van der Waals surface area contributed by atoms with Gasteiger partial charge in [-0.25, -0.2) is 14.0 Å². The van der Waals surface area contributed by atoms with Gasteiger partial charge in [-0.15, -0.1) is 0 Å². The largest absolute Gasteiger partial charge is 0.459 e. The highest BCUT2D eigenvalue weighted by Gasteiger charge is 2.37. The number of nitrogens with zero attached hydrogens (tertiary/aromatic N) is 1. The molecule has 1 fully saturated rings. The van der Waals surface area contributed by atoms with Crippen molar-refractivity contribution in [3.63, 3.8) is 0 Å². The fourth-order valence-electron chi connectivity index (χ4n) is 3.13. The summed E-state index contributed by atoms with van der Waals surface area (Å²) in [6.45, 7) is 2.38. The second-order valence-electron chi connectivity index (χ2n) is 6.31. The minimum atomic E-state index is -1.02. The molecule has 1 N–H and O–H groups in total. The molecule has 0 unspecified atom stereocenters. The number of urea groups is 1. The molecule has 0 aromatic heterocycles. The maximum absolute atomic E-state index is 14.4. The Morgan fingerprint density at radius 3 is 2.92 bits per heavy atom. The number of nitrogens with one attached hydrogen (secondary N) is 1. The van der Waals surface area contributed by atoms with Crippen LogP contribution in [0.15, 0.2) is 29.5 Å². The van der Waals surface area contributed by atoms with E-state index in [0.29, 0.717) is 12.3 Å². The van der Waals surface area contributed by atoms with Crippen molar-refractivity contribution in [1.82, 2.24) is 10.2 Å². The van der Waals surface area contributed by atoms with Gasteiger partial charge in [-0.1, -0.05) is 17.7 Å². The Hall–Kier alpha value is -2.12. The number of halogens is 2. The fourth-order valence-corrected chi connectivity index (χ4v) is 3.40. The molecule has 8 heteroatoms. The molecule has 0 saturated carbocycles. The van der Waals surface area contributed by atoms with Crippen molar-refractivity contribution in [1.29, 1.82) is 0 Å². The third-order valence-electron chi connectivity index (χ3n) is 4.69. The van der Waals surface area contributed by atoms with E-state index in [0.717, 1.165) is 12.8 Å². The number of carbonyl (C=O) groups is 2. The molecular weight excluding hydrogens is 363 g/mol. The zero-order valence-electron chi connectivity index (χ0n) is 14.6. The molecule has 1 saturated heterocycles. The lowest BCUT2D eigenvalue weighted by atomic mass is 9.94. The first-order valence-corrected chi connectivity index (χ1v) is 8.75. The van der Waals surface area contributed by atoms with Crippen molar-refractivity contribution in [3.8, 4) is 0 Å². The molecular formula is C18H20ClFN2O4. The van der Waals surface area contributed by atoms with Gasteiger partial charge in [-0.05, 0) is 31.9 Å². The van der Waals surface area contributed by atoms with Crippen molar-refractivity contribution in [2.24, 2.45) is 0 Å². The van der Waals surface area contributed by atoms with Gasteiger partial charge in [-0.2, -0.15) is 0 Å². The van der Waals surface area contributed by atoms with Gasteiger partial charge in [0.15, 0.2) is 0 Å². The van der Waals surface area contributed by atoms with Gasteiger partial charge >= 0.3 is 12.0 Å². The predicted octanol–water partition coefficient (Wildman–Crippen LogP) is 3.17. The van der Waals surface area contributed by atoms with Gasteiger partial charge in [0.25, 0.3) is 0 Å². The molecule has 0 bridgehead atoms. The zero-order chi connectivity index (χ0) is 18.8. The lowest BCUT2D eigenvalue weighted by Gasteiger charge is -2.33. The van der Waals surface area contributed by atoms with Crippen LogP contribution in [0.1, 0.15) is 31.4 Å². The first-order valence-electron chi connectivity index (χ1n) is 8.37. The summed E-state index contributed by atoms with van der Waals surface area (Å²) in [5.74, 6) is -1.24. The van der Waals surface area contributed by atoms with Gasteiger partial charge in [0.2, 0.25) is 0 Å². The molecule has 26 heavy (non-hydrogen) atoms. The number of benzene rings is 1. The molecule has 0 spiro atoms. The molecule has 140 valence electrons. The molecule has 2 atom stereocenters. The summed E-state index contributed by atoms with van der Waals surface area (Å²) in [6.07, 6.45) is 1.62. The van der Waals surface area contributed by atoms with Crippen molar-refractivity contribution in [2.45, 2.75) is 31.9 Å². The number of esters is 1. The second-order valence-corrected chi connectivity index (χ2v) is 6.72. The van der Waals surface area contributed by atoms with E-state index in [9.17, 15) is 14.0 Å². The van der Waals surface area contributed by atoms with Crippen molar-refractivity contribution in [3.05, 3.63) is 45.9 Å². The van der Waals surface area contributed by atoms with Crippen LogP contribution < -0.4 is 5.32 Å². The molecule has 6 nitrogen and oxygen atoms in total. The second kappa shape index (κ2) is 7.63. The molecule has 1 aromatic carbocycles. The minimum absolute atomic E-state index is 0.0408. The highest BCUT2D eigenvalue weighted by molar-refractivity contribution is 6.31. The summed E-state index contributed by atoms with van der Waals surface area (Å²) in [4.78, 5) is 26.2. The number of carbonyl (C=O) groups excluding carboxylic acids is 2. The lowest BCUT2D eigenvalue weighted by Crippen LogP contribution is -2.46. The number of allylic oxidation sites excluding steroid dienone is 1. The van der Waals surface area contributed by atoms with Gasteiger partial charge in [-0.3, -0.25) is 0 Å². The summed E-state index contributed by atoms with van der Waals surface area (Å²) in [7, 11) is 1.53. The molecule has 2 amide bonds. The van der Waals surface area contributed by atoms with Crippen LogP contribution in [0.4, 0.5) is 9.18 Å². The minimum Gasteiger partial charge on any atom is -0.459 e. The maximum atomic E-state index is 14.4. The predicted molar refractivity (Wildman–Crippen MR) is 93.1 cm³/mol. The average molecular weight is 383 g/mol. The first kappa shape index (κ1) is 18.7. The Bertz CT molecular complexity index is 741.